The van der Waals surface area contributed by atoms with Gasteiger partial charge in [-0.05, 0) is 36.8 Å². The summed E-state index contributed by atoms with van der Waals surface area (Å²) in [5.74, 6) is 0.609. The van der Waals surface area contributed by atoms with Gasteiger partial charge < -0.3 is 25.0 Å². The van der Waals surface area contributed by atoms with Crippen molar-refractivity contribution in [1.29, 1.82) is 0 Å². The first-order chi connectivity index (χ1) is 14.6. The molecule has 3 rings (SSSR count). The third-order valence-electron chi connectivity index (χ3n) is 5.30. The summed E-state index contributed by atoms with van der Waals surface area (Å²) >= 11 is 0. The zero-order valence-corrected chi connectivity index (χ0v) is 17.6. The Bertz CT molecular complexity index is 875. The Morgan fingerprint density at radius 3 is 2.67 bits per heavy atom. The molecule has 160 valence electrons. The largest absolute Gasteiger partial charge is 0.497 e. The first kappa shape index (κ1) is 21.4. The van der Waals surface area contributed by atoms with Crippen molar-refractivity contribution in [2.24, 2.45) is 5.92 Å². The topological polar surface area (TPSA) is 92.8 Å². The predicted molar refractivity (Wildman–Crippen MR) is 113 cm³/mol. The van der Waals surface area contributed by atoms with Crippen molar-refractivity contribution >= 4 is 11.9 Å². The Hall–Kier alpha value is -3.29. The second-order valence-electron chi connectivity index (χ2n) is 7.14. The molecule has 2 heterocycles. The molecule has 1 aromatic heterocycles. The van der Waals surface area contributed by atoms with E-state index in [2.05, 4.69) is 15.6 Å². The molecule has 1 saturated heterocycles. The smallest absolute Gasteiger partial charge is 0.317 e. The van der Waals surface area contributed by atoms with Gasteiger partial charge in [-0.2, -0.15) is 0 Å². The molecule has 3 amide bonds. The lowest BCUT2D eigenvalue weighted by atomic mass is 9.87. The van der Waals surface area contributed by atoms with E-state index in [1.807, 2.05) is 37.3 Å². The minimum Gasteiger partial charge on any atom is -0.497 e. The summed E-state index contributed by atoms with van der Waals surface area (Å²) in [4.78, 5) is 31.3. The Balaban J connectivity index is 1.85. The van der Waals surface area contributed by atoms with E-state index in [0.717, 1.165) is 11.1 Å². The van der Waals surface area contributed by atoms with Crippen LogP contribution in [0.1, 0.15) is 24.0 Å². The van der Waals surface area contributed by atoms with E-state index in [-0.39, 0.29) is 17.9 Å². The lowest BCUT2D eigenvalue weighted by Crippen LogP contribution is -2.39. The average molecular weight is 412 g/mol. The molecule has 1 aliphatic rings. The van der Waals surface area contributed by atoms with Crippen molar-refractivity contribution in [3.05, 3.63) is 53.9 Å². The molecule has 30 heavy (non-hydrogen) atoms. The standard InChI is InChI=1S/C22H28N4O4/c1-4-24-22(28)26-13-18(17-10-16(29-2)7-8-20(17)30-3)19(14-26)21(27)25-12-15-6-5-9-23-11-15/h5-11,18-19H,4,12-14H2,1-3H3,(H,24,28)(H,25,27). The number of ether oxygens (including phenoxy) is 2. The number of hydrogen-bond acceptors (Lipinski definition) is 5. The van der Waals surface area contributed by atoms with Crippen LogP contribution >= 0.6 is 0 Å². The SMILES string of the molecule is CCNC(=O)N1CC(C(=O)NCc2cccnc2)C(c2cc(OC)ccc2OC)C1. The second kappa shape index (κ2) is 9.96. The molecule has 0 aliphatic carbocycles. The number of nitrogens with zero attached hydrogens (tertiary/aromatic N) is 2. The van der Waals surface area contributed by atoms with Crippen molar-refractivity contribution in [3.8, 4) is 11.5 Å². The number of rotatable bonds is 7. The number of nitrogens with one attached hydrogen (secondary N) is 2. The van der Waals surface area contributed by atoms with Crippen LogP contribution in [-0.4, -0.2) is 55.7 Å². The predicted octanol–water partition coefficient (Wildman–Crippen LogP) is 2.16. The van der Waals surface area contributed by atoms with Gasteiger partial charge in [-0.1, -0.05) is 6.07 Å². The van der Waals surface area contributed by atoms with Gasteiger partial charge >= 0.3 is 6.03 Å². The number of carbonyl (C=O) groups is 2. The van der Waals surface area contributed by atoms with Gasteiger partial charge in [0.25, 0.3) is 0 Å². The van der Waals surface area contributed by atoms with Crippen LogP contribution in [0.4, 0.5) is 4.79 Å². The minimum absolute atomic E-state index is 0.111. The van der Waals surface area contributed by atoms with Gasteiger partial charge in [-0.3, -0.25) is 9.78 Å². The fraction of sp³-hybridized carbons (Fsp3) is 0.409. The maximum absolute atomic E-state index is 13.1. The monoisotopic (exact) mass is 412 g/mol. The van der Waals surface area contributed by atoms with E-state index >= 15 is 0 Å². The third-order valence-corrected chi connectivity index (χ3v) is 5.30. The lowest BCUT2D eigenvalue weighted by molar-refractivity contribution is -0.125. The molecular formula is C22H28N4O4. The summed E-state index contributed by atoms with van der Waals surface area (Å²) in [7, 11) is 3.19. The summed E-state index contributed by atoms with van der Waals surface area (Å²) in [6.45, 7) is 3.53. The number of amides is 3. The quantitative estimate of drug-likeness (QED) is 0.727. The Morgan fingerprint density at radius 1 is 1.17 bits per heavy atom. The van der Waals surface area contributed by atoms with E-state index < -0.39 is 5.92 Å². The molecule has 8 heteroatoms. The molecule has 2 N–H and O–H groups in total. The second-order valence-corrected chi connectivity index (χ2v) is 7.14. The normalized spacial score (nSPS) is 18.0. The summed E-state index contributed by atoms with van der Waals surface area (Å²) in [5, 5.41) is 5.81. The van der Waals surface area contributed by atoms with Crippen molar-refractivity contribution in [3.63, 3.8) is 0 Å². The Kier molecular flexibility index (Phi) is 7.11. The number of carbonyl (C=O) groups excluding carboxylic acids is 2. The molecule has 0 bridgehead atoms. The summed E-state index contributed by atoms with van der Waals surface area (Å²) in [6, 6.07) is 9.09. The number of likely N-dealkylation sites (tertiary alicyclic amines) is 1. The number of pyridine rings is 1. The number of methoxy groups -OCH3 is 2. The Labute approximate surface area is 176 Å². The maximum atomic E-state index is 13.1. The molecule has 0 saturated carbocycles. The highest BCUT2D eigenvalue weighted by atomic mass is 16.5. The number of benzene rings is 1. The highest BCUT2D eigenvalue weighted by Crippen LogP contribution is 2.39. The Morgan fingerprint density at radius 2 is 2.00 bits per heavy atom. The van der Waals surface area contributed by atoms with Crippen molar-refractivity contribution < 1.29 is 19.1 Å². The fourth-order valence-electron chi connectivity index (χ4n) is 3.77. The molecular weight excluding hydrogens is 384 g/mol. The van der Waals surface area contributed by atoms with Crippen LogP contribution in [0.3, 0.4) is 0 Å². The number of hydrogen-bond donors (Lipinski definition) is 2. The fourth-order valence-corrected chi connectivity index (χ4v) is 3.77. The maximum Gasteiger partial charge on any atom is 0.317 e. The van der Waals surface area contributed by atoms with Crippen LogP contribution in [0, 0.1) is 5.92 Å². The molecule has 2 unspecified atom stereocenters. The zero-order chi connectivity index (χ0) is 21.5. The zero-order valence-electron chi connectivity index (χ0n) is 17.6. The highest BCUT2D eigenvalue weighted by Gasteiger charge is 2.41. The molecule has 1 fully saturated rings. The molecule has 1 aliphatic heterocycles. The lowest BCUT2D eigenvalue weighted by Gasteiger charge is -2.21. The van der Waals surface area contributed by atoms with Crippen LogP contribution in [0.15, 0.2) is 42.7 Å². The average Bonchev–Trinajstić information content (AvgIpc) is 3.23. The van der Waals surface area contributed by atoms with Gasteiger partial charge in [0.2, 0.25) is 5.91 Å². The molecule has 8 nitrogen and oxygen atoms in total. The van der Waals surface area contributed by atoms with Crippen LogP contribution in [-0.2, 0) is 11.3 Å². The van der Waals surface area contributed by atoms with Gasteiger partial charge in [-0.25, -0.2) is 4.79 Å². The molecule has 0 spiro atoms. The van der Waals surface area contributed by atoms with Crippen LogP contribution in [0.5, 0.6) is 11.5 Å². The summed E-state index contributed by atoms with van der Waals surface area (Å²) in [6.07, 6.45) is 3.41. The van der Waals surface area contributed by atoms with Crippen molar-refractivity contribution in [2.45, 2.75) is 19.4 Å². The first-order valence-electron chi connectivity index (χ1n) is 9.98. The van der Waals surface area contributed by atoms with E-state index in [1.54, 1.807) is 31.5 Å². The number of urea groups is 1. The summed E-state index contributed by atoms with van der Waals surface area (Å²) < 4.78 is 10.9. The molecule has 1 aromatic carbocycles. The minimum atomic E-state index is -0.412. The third kappa shape index (κ3) is 4.82. The van der Waals surface area contributed by atoms with Gasteiger partial charge in [-0.15, -0.1) is 0 Å². The van der Waals surface area contributed by atoms with Crippen LogP contribution in [0.2, 0.25) is 0 Å². The van der Waals surface area contributed by atoms with Crippen LogP contribution in [0.25, 0.3) is 0 Å². The number of aromatic nitrogens is 1. The van der Waals surface area contributed by atoms with Gasteiger partial charge in [0.05, 0.1) is 20.1 Å². The van der Waals surface area contributed by atoms with Gasteiger partial charge in [0.15, 0.2) is 0 Å². The van der Waals surface area contributed by atoms with Gasteiger partial charge in [0.1, 0.15) is 11.5 Å². The van der Waals surface area contributed by atoms with Crippen molar-refractivity contribution in [1.82, 2.24) is 20.5 Å². The van der Waals surface area contributed by atoms with E-state index in [9.17, 15) is 9.59 Å². The molecule has 0 radical (unpaired) electrons. The highest BCUT2D eigenvalue weighted by molar-refractivity contribution is 5.83. The summed E-state index contributed by atoms with van der Waals surface area (Å²) in [5.41, 5.74) is 1.77. The van der Waals surface area contributed by atoms with E-state index in [0.29, 0.717) is 37.7 Å². The van der Waals surface area contributed by atoms with Crippen LogP contribution < -0.4 is 20.1 Å². The van der Waals surface area contributed by atoms with E-state index in [4.69, 9.17) is 9.47 Å². The van der Waals surface area contributed by atoms with Gasteiger partial charge in [0, 0.05) is 50.1 Å². The van der Waals surface area contributed by atoms with E-state index in [1.165, 1.54) is 0 Å². The molecule has 2 aromatic rings. The molecule has 2 atom stereocenters. The van der Waals surface area contributed by atoms with Crippen molar-refractivity contribution in [2.75, 3.05) is 33.9 Å². The first-order valence-corrected chi connectivity index (χ1v) is 9.98.